The molecule has 1 aromatic carbocycles. The fourth-order valence-corrected chi connectivity index (χ4v) is 2.80. The van der Waals surface area contributed by atoms with Crippen LogP contribution in [0.2, 0.25) is 0 Å². The van der Waals surface area contributed by atoms with E-state index in [1.54, 1.807) is 46.8 Å². The first-order chi connectivity index (χ1) is 14.9. The molecule has 0 aliphatic rings. The van der Waals surface area contributed by atoms with E-state index in [-0.39, 0.29) is 31.4 Å². The lowest BCUT2D eigenvalue weighted by atomic mass is 9.91. The van der Waals surface area contributed by atoms with Crippen LogP contribution in [0, 0.1) is 11.8 Å². The van der Waals surface area contributed by atoms with Crippen LogP contribution in [0.25, 0.3) is 0 Å². The number of rotatable bonds is 12. The summed E-state index contributed by atoms with van der Waals surface area (Å²) >= 11 is 0. The number of carbonyl (C=O) groups is 4. The second-order valence-electron chi connectivity index (χ2n) is 8.76. The van der Waals surface area contributed by atoms with E-state index in [0.29, 0.717) is 5.75 Å². The van der Waals surface area contributed by atoms with Gasteiger partial charge in [0.25, 0.3) is 0 Å². The molecule has 1 aromatic rings. The van der Waals surface area contributed by atoms with Crippen LogP contribution in [0.4, 0.5) is 0 Å². The molecule has 0 aliphatic heterocycles. The second-order valence-corrected chi connectivity index (χ2v) is 8.76. The van der Waals surface area contributed by atoms with Gasteiger partial charge in [-0.2, -0.15) is 0 Å². The zero-order valence-corrected chi connectivity index (χ0v) is 19.3. The maximum atomic E-state index is 12.8. The van der Waals surface area contributed by atoms with Crippen molar-refractivity contribution >= 4 is 23.8 Å². The summed E-state index contributed by atoms with van der Waals surface area (Å²) in [6.07, 6.45) is -0.725. The second kappa shape index (κ2) is 12.7. The Balaban J connectivity index is 2.64. The highest BCUT2D eigenvalue weighted by Gasteiger charge is 2.32. The topological polar surface area (TPSA) is 131 Å². The van der Waals surface area contributed by atoms with Gasteiger partial charge in [-0.1, -0.05) is 32.0 Å². The Labute approximate surface area is 188 Å². The first-order valence-corrected chi connectivity index (χ1v) is 10.6. The number of hydrogen-bond acceptors (Lipinski definition) is 6. The number of carbonyl (C=O) groups excluding carboxylic acids is 3. The van der Waals surface area contributed by atoms with Crippen LogP contribution in [-0.2, 0) is 23.9 Å². The van der Waals surface area contributed by atoms with Crippen LogP contribution in [0.1, 0.15) is 47.5 Å². The van der Waals surface area contributed by atoms with Gasteiger partial charge in [-0.15, -0.1) is 0 Å². The molecule has 178 valence electrons. The van der Waals surface area contributed by atoms with Crippen molar-refractivity contribution in [2.75, 3.05) is 13.2 Å². The minimum Gasteiger partial charge on any atom is -0.492 e. The Morgan fingerprint density at radius 3 is 2.19 bits per heavy atom. The first kappa shape index (κ1) is 26.9. The van der Waals surface area contributed by atoms with Crippen LogP contribution in [0.5, 0.6) is 5.75 Å². The number of amides is 2. The molecule has 2 atom stereocenters. The van der Waals surface area contributed by atoms with Crippen LogP contribution >= 0.6 is 0 Å². The van der Waals surface area contributed by atoms with Gasteiger partial charge >= 0.3 is 11.9 Å². The maximum Gasteiger partial charge on any atom is 0.329 e. The van der Waals surface area contributed by atoms with Gasteiger partial charge in [-0.05, 0) is 38.8 Å². The SMILES string of the molecule is CC(C)[C@H](CC(=O)NCCOc1ccccc1)C(=O)N[C@@H](CC(=O)O)C(=O)OC(C)(C)C. The molecule has 0 aromatic heterocycles. The summed E-state index contributed by atoms with van der Waals surface area (Å²) in [5.74, 6) is -3.28. The molecular formula is C23H34N2O7. The maximum absolute atomic E-state index is 12.8. The molecule has 0 saturated carbocycles. The van der Waals surface area contributed by atoms with Crippen molar-refractivity contribution in [1.82, 2.24) is 10.6 Å². The average molecular weight is 451 g/mol. The van der Waals surface area contributed by atoms with Gasteiger partial charge in [0.2, 0.25) is 11.8 Å². The van der Waals surface area contributed by atoms with Crippen LogP contribution in [0.15, 0.2) is 30.3 Å². The van der Waals surface area contributed by atoms with Gasteiger partial charge < -0.3 is 25.2 Å². The molecule has 0 unspecified atom stereocenters. The number of carboxylic acid groups (broad SMARTS) is 1. The summed E-state index contributed by atoms with van der Waals surface area (Å²) in [7, 11) is 0. The van der Waals surface area contributed by atoms with Crippen molar-refractivity contribution < 1.29 is 33.8 Å². The summed E-state index contributed by atoms with van der Waals surface area (Å²) in [5, 5.41) is 14.3. The number of para-hydroxylation sites is 1. The lowest BCUT2D eigenvalue weighted by Crippen LogP contribution is -2.48. The van der Waals surface area contributed by atoms with Gasteiger partial charge in [0, 0.05) is 12.3 Å². The van der Waals surface area contributed by atoms with Crippen LogP contribution < -0.4 is 15.4 Å². The summed E-state index contributed by atoms with van der Waals surface area (Å²) in [5.41, 5.74) is -0.836. The number of ether oxygens (including phenoxy) is 2. The van der Waals surface area contributed by atoms with Gasteiger partial charge in [-0.3, -0.25) is 14.4 Å². The first-order valence-electron chi connectivity index (χ1n) is 10.6. The molecule has 2 amide bonds. The van der Waals surface area contributed by atoms with Crippen molar-refractivity contribution in [3.8, 4) is 5.75 Å². The third-order valence-corrected chi connectivity index (χ3v) is 4.37. The number of esters is 1. The van der Waals surface area contributed by atoms with Gasteiger partial charge in [-0.25, -0.2) is 4.79 Å². The van der Waals surface area contributed by atoms with Crippen LogP contribution in [0.3, 0.4) is 0 Å². The molecule has 0 heterocycles. The molecule has 0 fully saturated rings. The summed E-state index contributed by atoms with van der Waals surface area (Å²) in [6.45, 7) is 9.02. The Bertz CT molecular complexity index is 772. The fraction of sp³-hybridized carbons (Fsp3) is 0.565. The standard InChI is InChI=1S/C23H34N2O7/c1-15(2)17(13-19(26)24-11-12-31-16-9-7-6-8-10-16)21(29)25-18(14-20(27)28)22(30)32-23(3,4)5/h6-10,15,17-18H,11-14H2,1-5H3,(H,24,26)(H,25,29)(H,27,28)/t17-,18-/m0/s1. The summed E-state index contributed by atoms with van der Waals surface area (Å²) < 4.78 is 10.7. The molecule has 32 heavy (non-hydrogen) atoms. The molecule has 0 aliphatic carbocycles. The monoisotopic (exact) mass is 450 g/mol. The minimum absolute atomic E-state index is 0.108. The summed E-state index contributed by atoms with van der Waals surface area (Å²) in [6, 6.07) is 7.82. The molecule has 0 spiro atoms. The quantitative estimate of drug-likeness (QED) is 0.328. The van der Waals surface area contributed by atoms with E-state index >= 15 is 0 Å². The molecular weight excluding hydrogens is 416 g/mol. The molecule has 9 nitrogen and oxygen atoms in total. The normalized spacial score (nSPS) is 13.1. The van der Waals surface area contributed by atoms with Crippen LogP contribution in [-0.4, -0.2) is 53.7 Å². The molecule has 9 heteroatoms. The van der Waals surface area contributed by atoms with Crippen molar-refractivity contribution in [1.29, 1.82) is 0 Å². The largest absolute Gasteiger partial charge is 0.492 e. The number of aliphatic carboxylic acids is 1. The molecule has 0 radical (unpaired) electrons. The van der Waals surface area contributed by atoms with E-state index in [9.17, 15) is 19.2 Å². The Kier molecular flexibility index (Phi) is 10.7. The van der Waals surface area contributed by atoms with Gasteiger partial charge in [0.15, 0.2) is 0 Å². The van der Waals surface area contributed by atoms with Crippen molar-refractivity contribution in [2.24, 2.45) is 11.8 Å². The number of benzene rings is 1. The summed E-state index contributed by atoms with van der Waals surface area (Å²) in [4.78, 5) is 48.6. The van der Waals surface area contributed by atoms with Crippen molar-refractivity contribution in [3.05, 3.63) is 30.3 Å². The smallest absolute Gasteiger partial charge is 0.329 e. The Hall–Kier alpha value is -3.10. The number of hydrogen-bond donors (Lipinski definition) is 3. The average Bonchev–Trinajstić information content (AvgIpc) is 2.67. The van der Waals surface area contributed by atoms with Gasteiger partial charge in [0.05, 0.1) is 13.0 Å². The van der Waals surface area contributed by atoms with Gasteiger partial charge in [0.1, 0.15) is 24.0 Å². The van der Waals surface area contributed by atoms with E-state index in [0.717, 1.165) is 0 Å². The van der Waals surface area contributed by atoms with E-state index in [1.807, 2.05) is 18.2 Å². The molecule has 1 rings (SSSR count). The Morgan fingerprint density at radius 1 is 1.03 bits per heavy atom. The Morgan fingerprint density at radius 2 is 1.66 bits per heavy atom. The highest BCUT2D eigenvalue weighted by atomic mass is 16.6. The predicted octanol–water partition coefficient (Wildman–Crippen LogP) is 2.15. The van der Waals surface area contributed by atoms with E-state index in [2.05, 4.69) is 10.6 Å². The zero-order chi connectivity index (χ0) is 24.3. The van der Waals surface area contributed by atoms with E-state index < -0.39 is 41.8 Å². The van der Waals surface area contributed by atoms with Crippen molar-refractivity contribution in [2.45, 2.75) is 59.1 Å². The third kappa shape index (κ3) is 10.8. The predicted molar refractivity (Wildman–Crippen MR) is 118 cm³/mol. The fourth-order valence-electron chi connectivity index (χ4n) is 2.80. The van der Waals surface area contributed by atoms with Crippen molar-refractivity contribution in [3.63, 3.8) is 0 Å². The van der Waals surface area contributed by atoms with E-state index in [4.69, 9.17) is 14.6 Å². The molecule has 3 N–H and O–H groups in total. The van der Waals surface area contributed by atoms with E-state index in [1.165, 1.54) is 0 Å². The highest BCUT2D eigenvalue weighted by Crippen LogP contribution is 2.17. The third-order valence-electron chi connectivity index (χ3n) is 4.37. The highest BCUT2D eigenvalue weighted by molar-refractivity contribution is 5.91. The lowest BCUT2D eigenvalue weighted by molar-refractivity contribution is -0.161. The lowest BCUT2D eigenvalue weighted by Gasteiger charge is -2.26. The molecule has 0 bridgehead atoms. The number of carboxylic acids is 1. The minimum atomic E-state index is -1.34. The number of nitrogens with one attached hydrogen (secondary N) is 2. The molecule has 0 saturated heterocycles. The zero-order valence-electron chi connectivity index (χ0n) is 19.3.